The maximum absolute atomic E-state index is 5.40. The van der Waals surface area contributed by atoms with E-state index in [0.29, 0.717) is 6.10 Å². The third-order valence-corrected chi connectivity index (χ3v) is 3.74. The molecule has 0 radical (unpaired) electrons. The number of nitrogens with zero attached hydrogens (tertiary/aromatic N) is 2. The summed E-state index contributed by atoms with van der Waals surface area (Å²) in [5, 5.41) is 3.50. The summed E-state index contributed by atoms with van der Waals surface area (Å²) in [6.07, 6.45) is 4.10. The van der Waals surface area contributed by atoms with Gasteiger partial charge in [-0.2, -0.15) is 0 Å². The van der Waals surface area contributed by atoms with Crippen molar-refractivity contribution in [3.8, 4) is 0 Å². The molecule has 1 N–H and O–H groups in total. The lowest BCUT2D eigenvalue weighted by Crippen LogP contribution is -2.24. The van der Waals surface area contributed by atoms with Crippen LogP contribution in [0.25, 0.3) is 0 Å². The summed E-state index contributed by atoms with van der Waals surface area (Å²) in [4.78, 5) is 7.05. The van der Waals surface area contributed by atoms with Crippen molar-refractivity contribution in [2.45, 2.75) is 38.0 Å². The van der Waals surface area contributed by atoms with Crippen LogP contribution in [0.3, 0.4) is 0 Å². The molecule has 0 aromatic carbocycles. The highest BCUT2D eigenvalue weighted by molar-refractivity contribution is 5.40. The highest BCUT2D eigenvalue weighted by Gasteiger charge is 2.23. The molecular formula is C14H21N3O. The number of ether oxygens (including phenoxy) is 1. The molecule has 1 saturated carbocycles. The fourth-order valence-corrected chi connectivity index (χ4v) is 2.41. The molecule has 0 spiro atoms. The van der Waals surface area contributed by atoms with Crippen molar-refractivity contribution < 1.29 is 4.74 Å². The summed E-state index contributed by atoms with van der Waals surface area (Å²) in [5.74, 6) is 1.09. The molecule has 2 fully saturated rings. The first-order valence-electron chi connectivity index (χ1n) is 6.82. The Kier molecular flexibility index (Phi) is 3.48. The molecule has 1 aliphatic carbocycles. The number of aromatic nitrogens is 1. The number of anilines is 1. The Morgan fingerprint density at radius 2 is 2.28 bits per heavy atom. The van der Waals surface area contributed by atoms with E-state index in [1.54, 1.807) is 7.11 Å². The number of nitrogens with one attached hydrogen (secondary N) is 1. The summed E-state index contributed by atoms with van der Waals surface area (Å²) < 4.78 is 5.40. The Bertz CT molecular complexity index is 406. The molecular weight excluding hydrogens is 226 g/mol. The molecule has 98 valence electrons. The highest BCUT2D eigenvalue weighted by Crippen LogP contribution is 2.21. The van der Waals surface area contributed by atoms with Crippen molar-refractivity contribution in [1.29, 1.82) is 0 Å². The zero-order chi connectivity index (χ0) is 12.4. The quantitative estimate of drug-likeness (QED) is 0.857. The van der Waals surface area contributed by atoms with Gasteiger partial charge in [-0.05, 0) is 31.4 Å². The van der Waals surface area contributed by atoms with E-state index in [9.17, 15) is 0 Å². The molecule has 1 aromatic rings. The van der Waals surface area contributed by atoms with Crippen LogP contribution in [-0.4, -0.2) is 37.3 Å². The zero-order valence-electron chi connectivity index (χ0n) is 10.9. The minimum atomic E-state index is 0.361. The van der Waals surface area contributed by atoms with Gasteiger partial charge in [0.05, 0.1) is 11.8 Å². The van der Waals surface area contributed by atoms with Gasteiger partial charge in [-0.1, -0.05) is 6.07 Å². The SMILES string of the molecule is COC1CCN(c2cccc(CNC3CC3)n2)C1. The average Bonchev–Trinajstić information content (AvgIpc) is 3.12. The molecule has 1 atom stereocenters. The molecule has 4 nitrogen and oxygen atoms in total. The fourth-order valence-electron chi connectivity index (χ4n) is 2.41. The summed E-state index contributed by atoms with van der Waals surface area (Å²) in [5.41, 5.74) is 1.14. The maximum atomic E-state index is 5.40. The van der Waals surface area contributed by atoms with Crippen molar-refractivity contribution in [3.63, 3.8) is 0 Å². The fraction of sp³-hybridized carbons (Fsp3) is 0.643. The van der Waals surface area contributed by atoms with Crippen LogP contribution >= 0.6 is 0 Å². The van der Waals surface area contributed by atoms with Crippen molar-refractivity contribution >= 4 is 5.82 Å². The lowest BCUT2D eigenvalue weighted by molar-refractivity contribution is 0.121. The van der Waals surface area contributed by atoms with Gasteiger partial charge in [0.1, 0.15) is 5.82 Å². The molecule has 1 saturated heterocycles. The van der Waals surface area contributed by atoms with Crippen molar-refractivity contribution in [2.75, 3.05) is 25.1 Å². The van der Waals surface area contributed by atoms with Crippen molar-refractivity contribution in [1.82, 2.24) is 10.3 Å². The lowest BCUT2D eigenvalue weighted by atomic mass is 10.3. The normalized spacial score (nSPS) is 23.6. The van der Waals surface area contributed by atoms with E-state index in [1.807, 2.05) is 0 Å². The summed E-state index contributed by atoms with van der Waals surface area (Å²) in [6, 6.07) is 7.04. The molecule has 3 rings (SSSR count). The number of pyridine rings is 1. The Morgan fingerprint density at radius 3 is 3.00 bits per heavy atom. The van der Waals surface area contributed by atoms with Crippen LogP contribution in [0.5, 0.6) is 0 Å². The predicted octanol–water partition coefficient (Wildman–Crippen LogP) is 1.56. The smallest absolute Gasteiger partial charge is 0.128 e. The van der Waals surface area contributed by atoms with Crippen LogP contribution < -0.4 is 10.2 Å². The Hall–Kier alpha value is -1.13. The average molecular weight is 247 g/mol. The monoisotopic (exact) mass is 247 g/mol. The third-order valence-electron chi connectivity index (χ3n) is 3.74. The topological polar surface area (TPSA) is 37.4 Å². The van der Waals surface area contributed by atoms with Gasteiger partial charge in [-0.25, -0.2) is 4.98 Å². The van der Waals surface area contributed by atoms with E-state index < -0.39 is 0 Å². The maximum Gasteiger partial charge on any atom is 0.128 e. The first-order valence-corrected chi connectivity index (χ1v) is 6.82. The Balaban J connectivity index is 1.62. The molecule has 4 heteroatoms. The van der Waals surface area contributed by atoms with E-state index >= 15 is 0 Å². The van der Waals surface area contributed by atoms with Gasteiger partial charge in [-0.15, -0.1) is 0 Å². The van der Waals surface area contributed by atoms with Gasteiger partial charge in [0, 0.05) is 32.8 Å². The number of hydrogen-bond donors (Lipinski definition) is 1. The predicted molar refractivity (Wildman–Crippen MR) is 71.7 cm³/mol. The Morgan fingerprint density at radius 1 is 1.39 bits per heavy atom. The summed E-state index contributed by atoms with van der Waals surface area (Å²) >= 11 is 0. The molecule has 1 aromatic heterocycles. The number of hydrogen-bond acceptors (Lipinski definition) is 4. The number of methoxy groups -OCH3 is 1. The van der Waals surface area contributed by atoms with E-state index in [-0.39, 0.29) is 0 Å². The molecule has 18 heavy (non-hydrogen) atoms. The first kappa shape index (κ1) is 11.9. The zero-order valence-corrected chi connectivity index (χ0v) is 10.9. The van der Waals surface area contributed by atoms with Crippen LogP contribution in [-0.2, 0) is 11.3 Å². The van der Waals surface area contributed by atoms with Crippen molar-refractivity contribution in [2.24, 2.45) is 0 Å². The number of rotatable bonds is 5. The van der Waals surface area contributed by atoms with Crippen molar-refractivity contribution in [3.05, 3.63) is 23.9 Å². The molecule has 0 bridgehead atoms. The van der Waals surface area contributed by atoms with Crippen LogP contribution in [0.4, 0.5) is 5.82 Å². The van der Waals surface area contributed by atoms with Crippen LogP contribution in [0, 0.1) is 0 Å². The third kappa shape index (κ3) is 2.82. The van der Waals surface area contributed by atoms with Gasteiger partial charge < -0.3 is 15.0 Å². The molecule has 1 unspecified atom stereocenters. The van der Waals surface area contributed by atoms with E-state index in [4.69, 9.17) is 9.72 Å². The van der Waals surface area contributed by atoms with E-state index in [2.05, 4.69) is 28.4 Å². The second kappa shape index (κ2) is 5.24. The van der Waals surface area contributed by atoms with Gasteiger partial charge >= 0.3 is 0 Å². The van der Waals surface area contributed by atoms with Crippen LogP contribution in [0.15, 0.2) is 18.2 Å². The van der Waals surface area contributed by atoms with E-state index in [0.717, 1.165) is 43.6 Å². The minimum absolute atomic E-state index is 0.361. The molecule has 2 aliphatic rings. The molecule has 1 aliphatic heterocycles. The largest absolute Gasteiger partial charge is 0.380 e. The standard InChI is InChI=1S/C14H21N3O/c1-18-13-7-8-17(10-13)14-4-2-3-12(16-14)9-15-11-5-6-11/h2-4,11,13,15H,5-10H2,1H3. The first-order chi connectivity index (χ1) is 8.85. The molecule has 2 heterocycles. The van der Waals surface area contributed by atoms with Crippen LogP contribution in [0.2, 0.25) is 0 Å². The van der Waals surface area contributed by atoms with Crippen LogP contribution in [0.1, 0.15) is 25.0 Å². The summed E-state index contributed by atoms with van der Waals surface area (Å²) in [6.45, 7) is 2.90. The second-order valence-corrected chi connectivity index (χ2v) is 5.23. The molecule has 0 amide bonds. The highest BCUT2D eigenvalue weighted by atomic mass is 16.5. The van der Waals surface area contributed by atoms with Gasteiger partial charge in [-0.3, -0.25) is 0 Å². The van der Waals surface area contributed by atoms with Gasteiger partial charge in [0.2, 0.25) is 0 Å². The van der Waals surface area contributed by atoms with E-state index in [1.165, 1.54) is 12.8 Å². The summed E-state index contributed by atoms with van der Waals surface area (Å²) in [7, 11) is 1.79. The minimum Gasteiger partial charge on any atom is -0.380 e. The second-order valence-electron chi connectivity index (χ2n) is 5.23. The lowest BCUT2D eigenvalue weighted by Gasteiger charge is -2.18. The Labute approximate surface area is 108 Å². The van der Waals surface area contributed by atoms with Gasteiger partial charge in [0.15, 0.2) is 0 Å². The van der Waals surface area contributed by atoms with Gasteiger partial charge in [0.25, 0.3) is 0 Å².